The van der Waals surface area contributed by atoms with E-state index in [0.717, 1.165) is 5.69 Å². The zero-order valence-corrected chi connectivity index (χ0v) is 12.3. The van der Waals surface area contributed by atoms with Gasteiger partial charge < -0.3 is 14.6 Å². The van der Waals surface area contributed by atoms with E-state index >= 15 is 0 Å². The second kappa shape index (κ2) is 8.21. The summed E-state index contributed by atoms with van der Waals surface area (Å²) in [5.74, 6) is -0.388. The lowest BCUT2D eigenvalue weighted by Gasteiger charge is -2.18. The molecule has 0 aliphatic heterocycles. The van der Waals surface area contributed by atoms with Gasteiger partial charge in [-0.15, -0.1) is 11.3 Å². The predicted octanol–water partition coefficient (Wildman–Crippen LogP) is 0.759. The van der Waals surface area contributed by atoms with E-state index in [4.69, 9.17) is 9.47 Å². The van der Waals surface area contributed by atoms with E-state index in [1.165, 1.54) is 11.3 Å². The van der Waals surface area contributed by atoms with Crippen molar-refractivity contribution in [3.05, 3.63) is 16.1 Å². The molecule has 1 aromatic heterocycles. The number of hydrogen-bond acceptors (Lipinski definition) is 7. The molecule has 1 N–H and O–H groups in total. The standard InChI is InChI=1S/C12H20N2O4S/c1-4-18-12(16)11-13-9(8-19-11)5-14(2)6-10(15)7-17-3/h8,10,15H,4-7H2,1-3H3. The Balaban J connectivity index is 2.46. The molecule has 0 amide bonds. The molecular weight excluding hydrogens is 268 g/mol. The smallest absolute Gasteiger partial charge is 0.367 e. The van der Waals surface area contributed by atoms with E-state index in [1.54, 1.807) is 14.0 Å². The number of aliphatic hydroxyl groups excluding tert-OH is 1. The van der Waals surface area contributed by atoms with Gasteiger partial charge in [0.2, 0.25) is 5.01 Å². The highest BCUT2D eigenvalue weighted by molar-refractivity contribution is 7.11. The number of rotatable bonds is 8. The van der Waals surface area contributed by atoms with Crippen LogP contribution in [0.4, 0.5) is 0 Å². The van der Waals surface area contributed by atoms with Gasteiger partial charge in [-0.3, -0.25) is 4.90 Å². The normalized spacial score (nSPS) is 12.7. The summed E-state index contributed by atoms with van der Waals surface area (Å²) in [6.07, 6.45) is -0.529. The zero-order chi connectivity index (χ0) is 14.3. The Bertz CT molecular complexity index is 397. The number of methoxy groups -OCH3 is 1. The quantitative estimate of drug-likeness (QED) is 0.712. The van der Waals surface area contributed by atoms with Gasteiger partial charge in [0.1, 0.15) is 0 Å². The van der Waals surface area contributed by atoms with E-state index < -0.39 is 6.10 Å². The Kier molecular flexibility index (Phi) is 6.93. The van der Waals surface area contributed by atoms with Crippen LogP contribution in [-0.4, -0.2) is 61.0 Å². The third-order valence-electron chi connectivity index (χ3n) is 2.32. The third kappa shape index (κ3) is 5.65. The summed E-state index contributed by atoms with van der Waals surface area (Å²) >= 11 is 1.27. The first-order valence-corrected chi connectivity index (χ1v) is 6.91. The molecule has 0 aliphatic carbocycles. The maximum absolute atomic E-state index is 11.5. The summed E-state index contributed by atoms with van der Waals surface area (Å²) in [5, 5.41) is 11.8. The molecular formula is C12H20N2O4S. The average molecular weight is 288 g/mol. The number of hydrogen-bond donors (Lipinski definition) is 1. The number of carbonyl (C=O) groups excluding carboxylic acids is 1. The molecule has 1 atom stereocenters. The Morgan fingerprint density at radius 3 is 3.00 bits per heavy atom. The van der Waals surface area contributed by atoms with Crippen molar-refractivity contribution >= 4 is 17.3 Å². The van der Waals surface area contributed by atoms with Crippen molar-refractivity contribution in [1.29, 1.82) is 0 Å². The Morgan fingerprint density at radius 1 is 1.63 bits per heavy atom. The third-order valence-corrected chi connectivity index (χ3v) is 3.19. The first kappa shape index (κ1) is 16.0. The summed E-state index contributed by atoms with van der Waals surface area (Å²) in [6, 6.07) is 0. The maximum Gasteiger partial charge on any atom is 0.367 e. The number of esters is 1. The summed E-state index contributed by atoms with van der Waals surface area (Å²) in [5.41, 5.74) is 0.792. The van der Waals surface area contributed by atoms with Crippen molar-refractivity contribution in [2.45, 2.75) is 19.6 Å². The van der Waals surface area contributed by atoms with Gasteiger partial charge in [0.25, 0.3) is 0 Å². The van der Waals surface area contributed by atoms with Crippen molar-refractivity contribution in [3.8, 4) is 0 Å². The molecule has 108 valence electrons. The molecule has 0 fully saturated rings. The summed E-state index contributed by atoms with van der Waals surface area (Å²) in [7, 11) is 3.43. The number of carbonyl (C=O) groups is 1. The van der Waals surface area contributed by atoms with E-state index in [0.29, 0.717) is 31.3 Å². The fraction of sp³-hybridized carbons (Fsp3) is 0.667. The molecule has 0 aliphatic rings. The molecule has 1 unspecified atom stereocenters. The molecule has 7 heteroatoms. The monoisotopic (exact) mass is 288 g/mol. The first-order valence-electron chi connectivity index (χ1n) is 6.03. The number of aliphatic hydroxyl groups is 1. The molecule has 0 radical (unpaired) electrons. The molecule has 6 nitrogen and oxygen atoms in total. The first-order chi connectivity index (χ1) is 9.06. The van der Waals surface area contributed by atoms with Gasteiger partial charge in [-0.1, -0.05) is 0 Å². The highest BCUT2D eigenvalue weighted by Gasteiger charge is 2.14. The molecule has 1 aromatic rings. The van der Waals surface area contributed by atoms with E-state index in [9.17, 15) is 9.90 Å². The highest BCUT2D eigenvalue weighted by Crippen LogP contribution is 2.12. The maximum atomic E-state index is 11.5. The average Bonchev–Trinajstić information content (AvgIpc) is 2.77. The Labute approximate surface area is 117 Å². The lowest BCUT2D eigenvalue weighted by atomic mass is 10.3. The van der Waals surface area contributed by atoms with Crippen molar-refractivity contribution in [2.75, 3.05) is 33.9 Å². The molecule has 19 heavy (non-hydrogen) atoms. The van der Waals surface area contributed by atoms with Crippen LogP contribution in [0, 0.1) is 0 Å². The van der Waals surface area contributed by atoms with Crippen molar-refractivity contribution < 1.29 is 19.4 Å². The predicted molar refractivity (Wildman–Crippen MR) is 72.3 cm³/mol. The summed E-state index contributed by atoms with van der Waals surface area (Å²) in [4.78, 5) is 17.6. The molecule has 0 saturated carbocycles. The second-order valence-corrected chi connectivity index (χ2v) is 5.03. The van der Waals surface area contributed by atoms with Crippen LogP contribution in [-0.2, 0) is 16.0 Å². The Hall–Kier alpha value is -1.02. The van der Waals surface area contributed by atoms with Crippen LogP contribution < -0.4 is 0 Å². The van der Waals surface area contributed by atoms with Crippen LogP contribution in [0.5, 0.6) is 0 Å². The molecule has 0 saturated heterocycles. The molecule has 0 spiro atoms. The van der Waals surface area contributed by atoms with Crippen molar-refractivity contribution in [1.82, 2.24) is 9.88 Å². The van der Waals surface area contributed by atoms with Crippen LogP contribution in [0.1, 0.15) is 22.4 Å². The molecule has 0 bridgehead atoms. The fourth-order valence-electron chi connectivity index (χ4n) is 1.61. The van der Waals surface area contributed by atoms with Gasteiger partial charge in [-0.25, -0.2) is 9.78 Å². The number of ether oxygens (including phenoxy) is 2. The number of likely N-dealkylation sites (N-methyl/N-ethyl adjacent to an activating group) is 1. The van der Waals surface area contributed by atoms with Crippen molar-refractivity contribution in [2.24, 2.45) is 0 Å². The number of thiazole rings is 1. The lowest BCUT2D eigenvalue weighted by molar-refractivity contribution is 0.0416. The molecule has 1 rings (SSSR count). The van der Waals surface area contributed by atoms with Gasteiger partial charge >= 0.3 is 5.97 Å². The van der Waals surface area contributed by atoms with Gasteiger partial charge in [-0.05, 0) is 14.0 Å². The SMILES string of the molecule is CCOC(=O)c1nc(CN(C)CC(O)COC)cs1. The van der Waals surface area contributed by atoms with Crippen LogP contribution >= 0.6 is 11.3 Å². The van der Waals surface area contributed by atoms with E-state index in [-0.39, 0.29) is 5.97 Å². The van der Waals surface area contributed by atoms with Gasteiger partial charge in [0.05, 0.1) is 25.0 Å². The number of nitrogens with zero attached hydrogens (tertiary/aromatic N) is 2. The highest BCUT2D eigenvalue weighted by atomic mass is 32.1. The largest absolute Gasteiger partial charge is 0.461 e. The molecule has 0 aromatic carbocycles. The summed E-state index contributed by atoms with van der Waals surface area (Å²) < 4.78 is 9.75. The van der Waals surface area contributed by atoms with Gasteiger partial charge in [0, 0.05) is 25.6 Å². The zero-order valence-electron chi connectivity index (χ0n) is 11.5. The molecule has 1 heterocycles. The van der Waals surface area contributed by atoms with Gasteiger partial charge in [-0.2, -0.15) is 0 Å². The number of aromatic nitrogens is 1. The minimum absolute atomic E-state index is 0.301. The minimum Gasteiger partial charge on any atom is -0.461 e. The van der Waals surface area contributed by atoms with Crippen LogP contribution in [0.3, 0.4) is 0 Å². The fourth-order valence-corrected chi connectivity index (χ4v) is 2.31. The summed E-state index contributed by atoms with van der Waals surface area (Å²) in [6.45, 7) is 3.46. The van der Waals surface area contributed by atoms with Gasteiger partial charge in [0.15, 0.2) is 0 Å². The Morgan fingerprint density at radius 2 is 2.37 bits per heavy atom. The van der Waals surface area contributed by atoms with E-state index in [1.807, 2.05) is 17.3 Å². The second-order valence-electron chi connectivity index (χ2n) is 4.17. The van der Waals surface area contributed by atoms with Crippen LogP contribution in [0.2, 0.25) is 0 Å². The minimum atomic E-state index is -0.529. The lowest BCUT2D eigenvalue weighted by Crippen LogP contribution is -2.31. The van der Waals surface area contributed by atoms with Crippen molar-refractivity contribution in [3.63, 3.8) is 0 Å². The van der Waals surface area contributed by atoms with Crippen LogP contribution in [0.25, 0.3) is 0 Å². The van der Waals surface area contributed by atoms with Crippen LogP contribution in [0.15, 0.2) is 5.38 Å². The van der Waals surface area contributed by atoms with E-state index in [2.05, 4.69) is 4.98 Å². The topological polar surface area (TPSA) is 71.9 Å².